The monoisotopic (exact) mass is 405 g/mol. The number of anilines is 1. The van der Waals surface area contributed by atoms with Gasteiger partial charge >= 0.3 is 11.9 Å². The van der Waals surface area contributed by atoms with E-state index in [9.17, 15) is 14.4 Å². The second-order valence-corrected chi connectivity index (χ2v) is 6.88. The van der Waals surface area contributed by atoms with Gasteiger partial charge in [0.15, 0.2) is 5.43 Å². The minimum absolute atomic E-state index is 0.117. The summed E-state index contributed by atoms with van der Waals surface area (Å²) in [5, 5.41) is 11.4. The van der Waals surface area contributed by atoms with E-state index in [-0.39, 0.29) is 16.7 Å². The number of carbonyl (C=O) groups excluding carboxylic acids is 1. The minimum atomic E-state index is -1.59. The SMILES string of the molecule is CCOc1cccc(/C=C2/CCc3c2oc2cc(NC(=O)C(=O)O)ccc2c3=O)c1. The molecule has 2 N–H and O–H groups in total. The van der Waals surface area contributed by atoms with Gasteiger partial charge in [0, 0.05) is 17.3 Å². The molecule has 152 valence electrons. The Hall–Kier alpha value is -3.87. The number of nitrogens with one attached hydrogen (secondary N) is 1. The molecule has 4 rings (SSSR count). The Morgan fingerprint density at radius 3 is 2.80 bits per heavy atom. The quantitative estimate of drug-likeness (QED) is 0.641. The Balaban J connectivity index is 1.75. The molecular weight excluding hydrogens is 386 g/mol. The average Bonchev–Trinajstić information content (AvgIpc) is 3.11. The highest BCUT2D eigenvalue weighted by Crippen LogP contribution is 2.35. The Morgan fingerprint density at radius 2 is 2.03 bits per heavy atom. The number of carboxylic acids is 1. The smallest absolute Gasteiger partial charge is 0.394 e. The van der Waals surface area contributed by atoms with Crippen LogP contribution >= 0.6 is 0 Å². The van der Waals surface area contributed by atoms with Crippen LogP contribution in [-0.2, 0) is 16.0 Å². The van der Waals surface area contributed by atoms with Crippen molar-refractivity contribution in [2.24, 2.45) is 0 Å². The van der Waals surface area contributed by atoms with E-state index in [4.69, 9.17) is 14.3 Å². The zero-order valence-corrected chi connectivity index (χ0v) is 16.2. The molecule has 0 saturated heterocycles. The lowest BCUT2D eigenvalue weighted by Crippen LogP contribution is -2.21. The van der Waals surface area contributed by atoms with Gasteiger partial charge in [0.2, 0.25) is 0 Å². The highest BCUT2D eigenvalue weighted by atomic mass is 16.5. The Bertz CT molecular complexity index is 1250. The first-order valence-electron chi connectivity index (χ1n) is 9.54. The maximum Gasteiger partial charge on any atom is 0.394 e. The molecule has 0 atom stereocenters. The number of hydrogen-bond acceptors (Lipinski definition) is 5. The Morgan fingerprint density at radius 1 is 1.20 bits per heavy atom. The molecule has 0 saturated carbocycles. The molecule has 1 amide bonds. The van der Waals surface area contributed by atoms with E-state index in [1.54, 1.807) is 0 Å². The molecule has 0 radical (unpaired) electrons. The van der Waals surface area contributed by atoms with Crippen molar-refractivity contribution < 1.29 is 23.8 Å². The van der Waals surface area contributed by atoms with Crippen LogP contribution < -0.4 is 15.5 Å². The number of carbonyl (C=O) groups is 2. The van der Waals surface area contributed by atoms with Crippen molar-refractivity contribution in [1.29, 1.82) is 0 Å². The summed E-state index contributed by atoms with van der Waals surface area (Å²) in [5.74, 6) is -1.46. The standard InChI is InChI=1S/C23H19NO6/c1-2-29-16-5-3-4-13(11-16)10-14-6-8-18-20(25)17-9-7-15(24-22(26)23(27)28)12-19(17)30-21(14)18/h3-5,7,9-12H,2,6,8H2,1H3,(H,24,26)(H,27,28)/b14-10-. The molecule has 30 heavy (non-hydrogen) atoms. The molecule has 2 aromatic carbocycles. The van der Waals surface area contributed by atoms with E-state index in [0.717, 1.165) is 16.9 Å². The van der Waals surface area contributed by atoms with Gasteiger partial charge in [0.05, 0.1) is 12.0 Å². The first-order valence-corrected chi connectivity index (χ1v) is 9.54. The highest BCUT2D eigenvalue weighted by Gasteiger charge is 2.24. The Labute approximate surface area is 171 Å². The number of fused-ring (bicyclic) bond motifs is 2. The maximum absolute atomic E-state index is 12.9. The van der Waals surface area contributed by atoms with Crippen molar-refractivity contribution in [2.75, 3.05) is 11.9 Å². The molecule has 0 unspecified atom stereocenters. The number of rotatable bonds is 4. The van der Waals surface area contributed by atoms with E-state index >= 15 is 0 Å². The molecule has 0 bridgehead atoms. The molecule has 0 aliphatic heterocycles. The molecule has 0 spiro atoms. The highest BCUT2D eigenvalue weighted by molar-refractivity contribution is 6.36. The molecule has 1 heterocycles. The maximum atomic E-state index is 12.9. The predicted molar refractivity (Wildman–Crippen MR) is 113 cm³/mol. The zero-order valence-electron chi connectivity index (χ0n) is 16.2. The summed E-state index contributed by atoms with van der Waals surface area (Å²) < 4.78 is 11.6. The number of allylic oxidation sites excluding steroid dienone is 1. The fourth-order valence-electron chi connectivity index (χ4n) is 3.55. The van der Waals surface area contributed by atoms with Crippen LogP contribution in [0.3, 0.4) is 0 Å². The van der Waals surface area contributed by atoms with Crippen LogP contribution in [-0.4, -0.2) is 23.6 Å². The van der Waals surface area contributed by atoms with Gasteiger partial charge in [0.25, 0.3) is 0 Å². The summed E-state index contributed by atoms with van der Waals surface area (Å²) >= 11 is 0. The molecule has 7 heteroatoms. The zero-order chi connectivity index (χ0) is 21.3. The molecule has 1 aliphatic carbocycles. The van der Waals surface area contributed by atoms with Crippen LogP contribution in [0.5, 0.6) is 5.75 Å². The van der Waals surface area contributed by atoms with E-state index in [0.29, 0.717) is 36.2 Å². The number of hydrogen-bond donors (Lipinski definition) is 2. The fourth-order valence-corrected chi connectivity index (χ4v) is 3.55. The largest absolute Gasteiger partial charge is 0.494 e. The Kier molecular flexibility index (Phi) is 5.10. The number of benzene rings is 2. The first-order chi connectivity index (χ1) is 14.5. The van der Waals surface area contributed by atoms with Crippen molar-refractivity contribution in [1.82, 2.24) is 0 Å². The summed E-state index contributed by atoms with van der Waals surface area (Å²) in [4.78, 5) is 35.1. The summed E-state index contributed by atoms with van der Waals surface area (Å²) in [6.07, 6.45) is 3.23. The van der Waals surface area contributed by atoms with Gasteiger partial charge in [-0.15, -0.1) is 0 Å². The van der Waals surface area contributed by atoms with Crippen LogP contribution in [0.2, 0.25) is 0 Å². The van der Waals surface area contributed by atoms with Crippen LogP contribution in [0, 0.1) is 0 Å². The van der Waals surface area contributed by atoms with Crippen molar-refractivity contribution in [3.05, 3.63) is 69.6 Å². The second-order valence-electron chi connectivity index (χ2n) is 6.88. The van der Waals surface area contributed by atoms with Gasteiger partial charge in [-0.3, -0.25) is 9.59 Å². The summed E-state index contributed by atoms with van der Waals surface area (Å²) in [6, 6.07) is 12.1. The van der Waals surface area contributed by atoms with Crippen molar-refractivity contribution in [3.63, 3.8) is 0 Å². The van der Waals surface area contributed by atoms with E-state index in [1.807, 2.05) is 37.3 Å². The van der Waals surface area contributed by atoms with Crippen molar-refractivity contribution >= 4 is 40.2 Å². The molecule has 3 aromatic rings. The molecule has 7 nitrogen and oxygen atoms in total. The first kappa shape index (κ1) is 19.4. The van der Waals surface area contributed by atoms with Crippen molar-refractivity contribution in [3.8, 4) is 5.75 Å². The molecule has 0 fully saturated rings. The lowest BCUT2D eigenvalue weighted by molar-refractivity contribution is -0.147. The number of amides is 1. The van der Waals surface area contributed by atoms with Gasteiger partial charge in [-0.05, 0) is 61.2 Å². The predicted octanol–water partition coefficient (Wildman–Crippen LogP) is 3.70. The van der Waals surface area contributed by atoms with Crippen molar-refractivity contribution in [2.45, 2.75) is 19.8 Å². The van der Waals surface area contributed by atoms with E-state index in [1.165, 1.54) is 18.2 Å². The third-order valence-corrected chi connectivity index (χ3v) is 4.88. The molecular formula is C23H19NO6. The van der Waals surface area contributed by atoms with Gasteiger partial charge in [0.1, 0.15) is 17.1 Å². The lowest BCUT2D eigenvalue weighted by atomic mass is 10.1. The third kappa shape index (κ3) is 3.69. The van der Waals surface area contributed by atoms with E-state index < -0.39 is 11.9 Å². The van der Waals surface area contributed by atoms with Gasteiger partial charge < -0.3 is 19.6 Å². The van der Waals surface area contributed by atoms with E-state index in [2.05, 4.69) is 5.32 Å². The fraction of sp³-hybridized carbons (Fsp3) is 0.174. The third-order valence-electron chi connectivity index (χ3n) is 4.88. The van der Waals surface area contributed by atoms with Crippen LogP contribution in [0.1, 0.15) is 30.2 Å². The number of carboxylic acid groups (broad SMARTS) is 1. The summed E-state index contributed by atoms with van der Waals surface area (Å²) in [5.41, 5.74) is 2.88. The number of ether oxygens (including phenoxy) is 1. The average molecular weight is 405 g/mol. The molecule has 1 aromatic heterocycles. The van der Waals surface area contributed by atoms with Gasteiger partial charge in [-0.25, -0.2) is 4.79 Å². The van der Waals surface area contributed by atoms with Crippen LogP contribution in [0.25, 0.3) is 22.6 Å². The topological polar surface area (TPSA) is 106 Å². The summed E-state index contributed by atoms with van der Waals surface area (Å²) in [6.45, 7) is 2.50. The normalized spacial score (nSPS) is 14.0. The second kappa shape index (κ2) is 7.87. The van der Waals surface area contributed by atoms with Gasteiger partial charge in [-0.2, -0.15) is 0 Å². The molecule has 1 aliphatic rings. The van der Waals surface area contributed by atoms with Gasteiger partial charge in [-0.1, -0.05) is 12.1 Å². The summed E-state index contributed by atoms with van der Waals surface area (Å²) in [7, 11) is 0. The van der Waals surface area contributed by atoms with Crippen LogP contribution in [0.15, 0.2) is 51.7 Å². The minimum Gasteiger partial charge on any atom is -0.494 e. The van der Waals surface area contributed by atoms with Crippen LogP contribution in [0.4, 0.5) is 5.69 Å². The lowest BCUT2D eigenvalue weighted by Gasteiger charge is -2.07. The number of aliphatic carboxylic acids is 1.